The maximum atomic E-state index is 5.85. The van der Waals surface area contributed by atoms with Crippen molar-refractivity contribution in [3.05, 3.63) is 23.8 Å². The van der Waals surface area contributed by atoms with Crippen LogP contribution in [0, 0.1) is 5.92 Å². The van der Waals surface area contributed by atoms with E-state index in [0.29, 0.717) is 5.92 Å². The molecule has 0 amide bonds. The van der Waals surface area contributed by atoms with Gasteiger partial charge in [-0.2, -0.15) is 0 Å². The van der Waals surface area contributed by atoms with Crippen molar-refractivity contribution in [2.75, 3.05) is 32.0 Å². The minimum Gasteiger partial charge on any atom is -0.491 e. The van der Waals surface area contributed by atoms with Crippen molar-refractivity contribution in [2.45, 2.75) is 32.3 Å². The first-order valence-electron chi connectivity index (χ1n) is 7.36. The normalized spacial score (nSPS) is 26.5. The maximum Gasteiger partial charge on any atom is 0.120 e. The minimum atomic E-state index is 0.236. The zero-order valence-corrected chi connectivity index (χ0v) is 12.1. The number of likely N-dealkylation sites (tertiary alicyclic amines) is 1. The Kier molecular flexibility index (Phi) is 3.40. The molecule has 1 aromatic carbocycles. The summed E-state index contributed by atoms with van der Waals surface area (Å²) in [5.41, 5.74) is 2.74. The van der Waals surface area contributed by atoms with Gasteiger partial charge in [0.1, 0.15) is 5.75 Å². The predicted octanol–water partition coefficient (Wildman–Crippen LogP) is 2.93. The van der Waals surface area contributed by atoms with Gasteiger partial charge >= 0.3 is 0 Å². The Hall–Kier alpha value is -1.22. The van der Waals surface area contributed by atoms with Gasteiger partial charge in [-0.3, -0.25) is 0 Å². The monoisotopic (exact) mass is 260 g/mol. The third kappa shape index (κ3) is 2.57. The van der Waals surface area contributed by atoms with Crippen molar-refractivity contribution >= 4 is 5.69 Å². The van der Waals surface area contributed by atoms with Crippen molar-refractivity contribution in [3.63, 3.8) is 0 Å². The Morgan fingerprint density at radius 2 is 2.21 bits per heavy atom. The van der Waals surface area contributed by atoms with Gasteiger partial charge in [0, 0.05) is 24.7 Å². The van der Waals surface area contributed by atoms with E-state index in [-0.39, 0.29) is 6.10 Å². The molecule has 1 fully saturated rings. The Balaban J connectivity index is 1.90. The number of nitrogens with zero attached hydrogens (tertiary/aromatic N) is 1. The first-order valence-corrected chi connectivity index (χ1v) is 7.36. The van der Waals surface area contributed by atoms with E-state index in [1.807, 2.05) is 0 Å². The van der Waals surface area contributed by atoms with Gasteiger partial charge in [0.05, 0.1) is 6.10 Å². The van der Waals surface area contributed by atoms with E-state index in [1.165, 1.54) is 30.8 Å². The van der Waals surface area contributed by atoms with Crippen molar-refractivity contribution < 1.29 is 4.74 Å². The standard InChI is InChI=1S/C16H24N2O/c1-11(2)19-13-4-5-16-14(8-13)15-10-18(3)7-6-12(15)9-17-16/h4-5,8,11-12,15,17H,6-7,9-10H2,1-3H3. The molecule has 1 aromatic rings. The molecule has 0 radical (unpaired) electrons. The SMILES string of the molecule is CC(C)Oc1ccc2c(c1)C1CN(C)CCC1CN2. The average molecular weight is 260 g/mol. The third-order valence-corrected chi connectivity index (χ3v) is 4.31. The maximum absolute atomic E-state index is 5.85. The van der Waals surface area contributed by atoms with Gasteiger partial charge in [-0.15, -0.1) is 0 Å². The second-order valence-corrected chi connectivity index (χ2v) is 6.21. The van der Waals surface area contributed by atoms with Crippen LogP contribution >= 0.6 is 0 Å². The molecule has 3 heteroatoms. The van der Waals surface area contributed by atoms with E-state index >= 15 is 0 Å². The van der Waals surface area contributed by atoms with Crippen LogP contribution in [0.3, 0.4) is 0 Å². The molecule has 0 saturated carbocycles. The van der Waals surface area contributed by atoms with Crippen molar-refractivity contribution in [2.24, 2.45) is 5.92 Å². The van der Waals surface area contributed by atoms with Crippen molar-refractivity contribution in [3.8, 4) is 5.75 Å². The molecule has 3 nitrogen and oxygen atoms in total. The molecule has 2 aliphatic rings. The van der Waals surface area contributed by atoms with Gasteiger partial charge in [0.2, 0.25) is 0 Å². The predicted molar refractivity (Wildman–Crippen MR) is 79.0 cm³/mol. The summed E-state index contributed by atoms with van der Waals surface area (Å²) in [6, 6.07) is 6.51. The fourth-order valence-corrected chi connectivity index (χ4v) is 3.36. The van der Waals surface area contributed by atoms with Crippen LogP contribution in [0.4, 0.5) is 5.69 Å². The van der Waals surface area contributed by atoms with Crippen LogP contribution in [0.2, 0.25) is 0 Å². The van der Waals surface area contributed by atoms with E-state index in [4.69, 9.17) is 4.74 Å². The Bertz CT molecular complexity index is 458. The summed E-state index contributed by atoms with van der Waals surface area (Å²) < 4.78 is 5.85. The van der Waals surface area contributed by atoms with Gasteiger partial charge in [0.15, 0.2) is 0 Å². The summed E-state index contributed by atoms with van der Waals surface area (Å²) in [6.07, 6.45) is 1.53. The number of nitrogens with one attached hydrogen (secondary N) is 1. The van der Waals surface area contributed by atoms with Gasteiger partial charge < -0.3 is 15.0 Å². The highest BCUT2D eigenvalue weighted by atomic mass is 16.5. The topological polar surface area (TPSA) is 24.5 Å². The molecule has 2 heterocycles. The molecule has 104 valence electrons. The molecule has 1 N–H and O–H groups in total. The Morgan fingerprint density at radius 1 is 1.37 bits per heavy atom. The molecule has 2 unspecified atom stereocenters. The highest BCUT2D eigenvalue weighted by Crippen LogP contribution is 2.41. The zero-order chi connectivity index (χ0) is 13.4. The van der Waals surface area contributed by atoms with E-state index in [2.05, 4.69) is 49.3 Å². The van der Waals surface area contributed by atoms with Gasteiger partial charge in [0.25, 0.3) is 0 Å². The number of rotatable bonds is 2. The number of anilines is 1. The summed E-state index contributed by atoms with van der Waals surface area (Å²) in [5, 5.41) is 3.58. The second-order valence-electron chi connectivity index (χ2n) is 6.21. The highest BCUT2D eigenvalue weighted by molar-refractivity contribution is 5.58. The number of likely N-dealkylation sites (N-methyl/N-ethyl adjacent to an activating group) is 1. The minimum absolute atomic E-state index is 0.236. The summed E-state index contributed by atoms with van der Waals surface area (Å²) in [5.74, 6) is 2.44. The largest absolute Gasteiger partial charge is 0.491 e. The first-order chi connectivity index (χ1) is 9.13. The van der Waals surface area contributed by atoms with Gasteiger partial charge in [-0.25, -0.2) is 0 Å². The molecular formula is C16H24N2O. The number of hydrogen-bond acceptors (Lipinski definition) is 3. The summed E-state index contributed by atoms with van der Waals surface area (Å²) in [7, 11) is 2.23. The summed E-state index contributed by atoms with van der Waals surface area (Å²) >= 11 is 0. The molecule has 0 aromatic heterocycles. The van der Waals surface area contributed by atoms with Gasteiger partial charge in [-0.05, 0) is 63.5 Å². The van der Waals surface area contributed by atoms with Gasteiger partial charge in [-0.1, -0.05) is 0 Å². The summed E-state index contributed by atoms with van der Waals surface area (Å²) in [4.78, 5) is 2.45. The number of benzene rings is 1. The molecule has 2 atom stereocenters. The number of hydrogen-bond donors (Lipinski definition) is 1. The highest BCUT2D eigenvalue weighted by Gasteiger charge is 2.33. The molecular weight excluding hydrogens is 236 g/mol. The average Bonchev–Trinajstić information content (AvgIpc) is 2.38. The van der Waals surface area contributed by atoms with Crippen LogP contribution in [-0.4, -0.2) is 37.7 Å². The quantitative estimate of drug-likeness (QED) is 0.885. The lowest BCUT2D eigenvalue weighted by Gasteiger charge is -2.41. The summed E-state index contributed by atoms with van der Waals surface area (Å²) in [6.45, 7) is 7.67. The lowest BCUT2D eigenvalue weighted by Crippen LogP contribution is -2.41. The van der Waals surface area contributed by atoms with E-state index < -0.39 is 0 Å². The van der Waals surface area contributed by atoms with Crippen LogP contribution in [0.5, 0.6) is 5.75 Å². The Labute approximate surface area is 115 Å². The molecule has 2 aliphatic heterocycles. The van der Waals surface area contributed by atoms with Crippen molar-refractivity contribution in [1.29, 1.82) is 0 Å². The smallest absolute Gasteiger partial charge is 0.120 e. The molecule has 0 bridgehead atoms. The fraction of sp³-hybridized carbons (Fsp3) is 0.625. The van der Waals surface area contributed by atoms with E-state index in [0.717, 1.165) is 18.2 Å². The van der Waals surface area contributed by atoms with Crippen molar-refractivity contribution in [1.82, 2.24) is 4.90 Å². The molecule has 0 aliphatic carbocycles. The number of piperidine rings is 1. The second kappa shape index (κ2) is 5.04. The van der Waals surface area contributed by atoms with Crippen LogP contribution < -0.4 is 10.1 Å². The van der Waals surface area contributed by atoms with E-state index in [9.17, 15) is 0 Å². The lowest BCUT2D eigenvalue weighted by atomic mass is 9.77. The molecule has 0 spiro atoms. The first kappa shape index (κ1) is 12.8. The molecule has 19 heavy (non-hydrogen) atoms. The molecule has 1 saturated heterocycles. The number of fused-ring (bicyclic) bond motifs is 3. The lowest BCUT2D eigenvalue weighted by molar-refractivity contribution is 0.191. The van der Waals surface area contributed by atoms with Crippen LogP contribution in [0.1, 0.15) is 31.7 Å². The van der Waals surface area contributed by atoms with Crippen LogP contribution in [-0.2, 0) is 0 Å². The van der Waals surface area contributed by atoms with E-state index in [1.54, 1.807) is 0 Å². The number of ether oxygens (including phenoxy) is 1. The van der Waals surface area contributed by atoms with Crippen LogP contribution in [0.15, 0.2) is 18.2 Å². The molecule has 3 rings (SSSR count). The third-order valence-electron chi connectivity index (χ3n) is 4.31. The zero-order valence-electron chi connectivity index (χ0n) is 12.1. The Morgan fingerprint density at radius 3 is 3.00 bits per heavy atom. The van der Waals surface area contributed by atoms with Crippen LogP contribution in [0.25, 0.3) is 0 Å². The fourth-order valence-electron chi connectivity index (χ4n) is 3.36.